The fourth-order valence-electron chi connectivity index (χ4n) is 10.1. The molecule has 6 rings (SSSR count). The first-order chi connectivity index (χ1) is 18.7. The number of carbonyl (C=O) groups is 2. The fraction of sp³-hybridized carbons (Fsp3) is 0.714. The first-order valence-electron chi connectivity index (χ1n) is 15.7. The van der Waals surface area contributed by atoms with E-state index in [1.165, 1.54) is 31.3 Å². The van der Waals surface area contributed by atoms with E-state index in [2.05, 4.69) is 51.7 Å². The summed E-state index contributed by atoms with van der Waals surface area (Å²) in [4.78, 5) is 27.7. The van der Waals surface area contributed by atoms with Gasteiger partial charge in [0.1, 0.15) is 0 Å². The number of rotatable bonds is 4. The minimum absolute atomic E-state index is 0.00136. The molecule has 5 nitrogen and oxygen atoms in total. The molecule has 40 heavy (non-hydrogen) atoms. The maximum absolute atomic E-state index is 12.7. The van der Waals surface area contributed by atoms with E-state index in [4.69, 9.17) is 4.74 Å². The molecule has 6 atom stereocenters. The van der Waals surface area contributed by atoms with Crippen molar-refractivity contribution >= 4 is 11.8 Å². The van der Waals surface area contributed by atoms with Crippen LogP contribution in [0.5, 0.6) is 0 Å². The number of carbonyl (C=O) groups excluding carboxylic acids is 2. The van der Waals surface area contributed by atoms with Gasteiger partial charge in [0.15, 0.2) is 5.76 Å². The lowest BCUT2D eigenvalue weighted by Crippen LogP contribution is -2.62. The van der Waals surface area contributed by atoms with Crippen LogP contribution in [0.1, 0.15) is 99.3 Å². The monoisotopic (exact) mass is 547 g/mol. The van der Waals surface area contributed by atoms with Crippen LogP contribution in [0, 0.1) is 33.0 Å². The zero-order chi connectivity index (χ0) is 28.7. The number of aliphatic hydroxyl groups excluding tert-OH is 1. The fourth-order valence-corrected chi connectivity index (χ4v) is 10.1. The molecule has 6 aliphatic rings. The molecule has 4 fully saturated rings. The van der Waals surface area contributed by atoms with Gasteiger partial charge in [-0.2, -0.15) is 0 Å². The number of likely N-dealkylation sites (tertiary alicyclic amines) is 1. The largest absolute Gasteiger partial charge is 0.504 e. The van der Waals surface area contributed by atoms with Gasteiger partial charge >= 0.3 is 5.97 Å². The lowest BCUT2D eigenvalue weighted by molar-refractivity contribution is -0.173. The molecule has 0 spiro atoms. The Hall–Kier alpha value is -2.14. The summed E-state index contributed by atoms with van der Waals surface area (Å²) in [5.41, 5.74) is 4.52. The van der Waals surface area contributed by atoms with Crippen molar-refractivity contribution in [3.8, 4) is 0 Å². The van der Waals surface area contributed by atoms with E-state index >= 15 is 0 Å². The van der Waals surface area contributed by atoms with Gasteiger partial charge < -0.3 is 9.84 Å². The third kappa shape index (κ3) is 3.96. The normalized spacial score (nSPS) is 43.1. The van der Waals surface area contributed by atoms with Crippen LogP contribution in [0.25, 0.3) is 0 Å². The lowest BCUT2D eigenvalue weighted by atomic mass is 9.34. The van der Waals surface area contributed by atoms with Gasteiger partial charge in [-0.3, -0.25) is 14.5 Å². The van der Waals surface area contributed by atoms with Crippen LogP contribution in [0.4, 0.5) is 0 Å². The molecule has 0 aromatic carbocycles. The third-order valence-electron chi connectivity index (χ3n) is 13.1. The molecular weight excluding hydrogens is 498 g/mol. The molecule has 218 valence electrons. The van der Waals surface area contributed by atoms with Crippen LogP contribution in [-0.2, 0) is 14.3 Å². The number of allylic oxidation sites excluding steroid dienone is 7. The van der Waals surface area contributed by atoms with Gasteiger partial charge in [0.25, 0.3) is 0 Å². The Morgan fingerprint density at radius 2 is 1.70 bits per heavy atom. The summed E-state index contributed by atoms with van der Waals surface area (Å²) in [5.74, 6) is 0.103. The molecule has 1 heterocycles. The molecule has 5 aliphatic carbocycles. The van der Waals surface area contributed by atoms with Crippen molar-refractivity contribution in [2.45, 2.75) is 99.3 Å². The molecule has 1 saturated heterocycles. The van der Waals surface area contributed by atoms with E-state index in [0.29, 0.717) is 30.1 Å². The molecule has 0 unspecified atom stereocenters. The Balaban J connectivity index is 1.29. The van der Waals surface area contributed by atoms with Crippen LogP contribution in [0.2, 0.25) is 0 Å². The van der Waals surface area contributed by atoms with Crippen molar-refractivity contribution in [2.75, 3.05) is 26.2 Å². The van der Waals surface area contributed by atoms with Gasteiger partial charge in [0.2, 0.25) is 5.78 Å². The van der Waals surface area contributed by atoms with Crippen molar-refractivity contribution in [2.24, 2.45) is 33.0 Å². The van der Waals surface area contributed by atoms with E-state index < -0.39 is 0 Å². The van der Waals surface area contributed by atoms with Crippen molar-refractivity contribution in [3.05, 3.63) is 46.3 Å². The molecule has 0 amide bonds. The summed E-state index contributed by atoms with van der Waals surface area (Å²) in [6.45, 7) is 17.1. The number of fused-ring (bicyclic) bond motifs is 7. The second-order valence-electron chi connectivity index (χ2n) is 15.5. The molecule has 5 heteroatoms. The zero-order valence-electron chi connectivity index (χ0n) is 25.6. The van der Waals surface area contributed by atoms with Gasteiger partial charge in [-0.1, -0.05) is 52.3 Å². The third-order valence-corrected chi connectivity index (χ3v) is 13.1. The Morgan fingerprint density at radius 3 is 2.42 bits per heavy atom. The zero-order valence-corrected chi connectivity index (χ0v) is 25.6. The molecule has 0 aromatic heterocycles. The minimum Gasteiger partial charge on any atom is -0.504 e. The first kappa shape index (κ1) is 28.0. The summed E-state index contributed by atoms with van der Waals surface area (Å²) in [5, 5.41) is 10.4. The maximum atomic E-state index is 12.7. The maximum Gasteiger partial charge on any atom is 0.320 e. The number of nitrogens with zero attached hydrogens (tertiary/aromatic N) is 1. The van der Waals surface area contributed by atoms with E-state index in [-0.39, 0.29) is 39.2 Å². The summed E-state index contributed by atoms with van der Waals surface area (Å²) in [6.07, 6.45) is 16.5. The predicted molar refractivity (Wildman–Crippen MR) is 158 cm³/mol. The molecule has 0 radical (unpaired) electrons. The molecule has 0 aromatic rings. The minimum atomic E-state index is -0.260. The van der Waals surface area contributed by atoms with Crippen molar-refractivity contribution in [3.63, 3.8) is 0 Å². The Bertz CT molecular complexity index is 1270. The average molecular weight is 548 g/mol. The molecule has 1 N–H and O–H groups in total. The van der Waals surface area contributed by atoms with Crippen molar-refractivity contribution < 1.29 is 19.4 Å². The number of hydrogen-bond acceptors (Lipinski definition) is 5. The SMILES string of the molecule is CC1=C(O)C(=O)C=C2C1=CC=C1[C@@]2(C)CC[C@@]2(C)[C@@H]3C[C@](C)(COC(=O)CN4CCCC4)CC[C@@]3(C)CC[C@]12C. The van der Waals surface area contributed by atoms with E-state index in [1.807, 2.05) is 6.92 Å². The van der Waals surface area contributed by atoms with Crippen molar-refractivity contribution in [1.82, 2.24) is 4.90 Å². The van der Waals surface area contributed by atoms with E-state index in [1.54, 1.807) is 6.08 Å². The van der Waals surface area contributed by atoms with E-state index in [0.717, 1.165) is 56.3 Å². The summed E-state index contributed by atoms with van der Waals surface area (Å²) >= 11 is 0. The Kier molecular flexibility index (Phi) is 6.43. The Morgan fingerprint density at radius 1 is 1.00 bits per heavy atom. The highest BCUT2D eigenvalue weighted by Crippen LogP contribution is 2.75. The molecule has 0 bridgehead atoms. The second kappa shape index (κ2) is 9.18. The van der Waals surface area contributed by atoms with Crippen molar-refractivity contribution in [1.29, 1.82) is 0 Å². The summed E-state index contributed by atoms with van der Waals surface area (Å²) < 4.78 is 5.98. The van der Waals surface area contributed by atoms with Crippen LogP contribution in [0.15, 0.2) is 46.3 Å². The first-order valence-corrected chi connectivity index (χ1v) is 15.7. The van der Waals surface area contributed by atoms with Crippen LogP contribution < -0.4 is 0 Å². The second-order valence-corrected chi connectivity index (χ2v) is 15.5. The Labute approximate surface area is 240 Å². The van der Waals surface area contributed by atoms with Gasteiger partial charge in [0.05, 0.1) is 13.2 Å². The average Bonchev–Trinajstić information content (AvgIpc) is 3.42. The highest BCUT2D eigenvalue weighted by Gasteiger charge is 2.66. The van der Waals surface area contributed by atoms with Gasteiger partial charge in [-0.15, -0.1) is 0 Å². The quantitative estimate of drug-likeness (QED) is 0.376. The van der Waals surface area contributed by atoms with Crippen LogP contribution in [0.3, 0.4) is 0 Å². The highest BCUT2D eigenvalue weighted by atomic mass is 16.5. The van der Waals surface area contributed by atoms with Gasteiger partial charge in [0, 0.05) is 16.4 Å². The predicted octanol–water partition coefficient (Wildman–Crippen LogP) is 7.25. The number of esters is 1. The molecule has 3 saturated carbocycles. The number of hydrogen-bond donors (Lipinski definition) is 1. The van der Waals surface area contributed by atoms with Gasteiger partial charge in [-0.05, 0) is 117 Å². The molecular formula is C35H49NO4. The number of ether oxygens (including phenoxy) is 1. The van der Waals surface area contributed by atoms with Crippen LogP contribution in [-0.4, -0.2) is 48.0 Å². The summed E-state index contributed by atoms with van der Waals surface area (Å²) in [7, 11) is 0. The number of aliphatic hydroxyl groups is 1. The lowest BCUT2D eigenvalue weighted by Gasteiger charge is -2.70. The molecule has 1 aliphatic heterocycles. The topological polar surface area (TPSA) is 66.8 Å². The smallest absolute Gasteiger partial charge is 0.320 e. The van der Waals surface area contributed by atoms with E-state index in [9.17, 15) is 14.7 Å². The standard InChI is InChI=1S/C35H49NO4/c1-23-24-9-10-27-33(4,25(24)19-26(37)30(23)39)14-16-35(6)28-20-31(2,11-12-32(28,3)13-15-34(27,35)5)22-40-29(38)21-36-17-7-8-18-36/h9-10,19,28,39H,7-8,11-18,20-22H2,1-6H3/t28-,31-,32+,33+,34-,35+/m1/s1. The summed E-state index contributed by atoms with van der Waals surface area (Å²) in [6, 6.07) is 0. The highest BCUT2D eigenvalue weighted by molar-refractivity contribution is 6.06. The number of ketones is 1. The van der Waals surface area contributed by atoms with Crippen LogP contribution >= 0.6 is 0 Å². The van der Waals surface area contributed by atoms with Gasteiger partial charge in [-0.25, -0.2) is 0 Å².